The van der Waals surface area contributed by atoms with Crippen molar-refractivity contribution in [1.82, 2.24) is 4.98 Å². The van der Waals surface area contributed by atoms with Crippen molar-refractivity contribution in [3.8, 4) is 17.0 Å². The van der Waals surface area contributed by atoms with Gasteiger partial charge < -0.3 is 0 Å². The Bertz CT molecular complexity index is 973. The van der Waals surface area contributed by atoms with Gasteiger partial charge >= 0.3 is 12.1 Å². The zero-order valence-electron chi connectivity index (χ0n) is 16.0. The van der Waals surface area contributed by atoms with Crippen LogP contribution < -0.4 is 4.89 Å². The van der Waals surface area contributed by atoms with Gasteiger partial charge in [0.1, 0.15) is 0 Å². The van der Waals surface area contributed by atoms with E-state index in [0.29, 0.717) is 17.2 Å². The summed E-state index contributed by atoms with van der Waals surface area (Å²) in [6.45, 7) is 1.68. The molecule has 1 heterocycles. The van der Waals surface area contributed by atoms with Crippen LogP contribution >= 0.6 is 11.8 Å². The number of pyridine rings is 1. The summed E-state index contributed by atoms with van der Waals surface area (Å²) in [4.78, 5) is 25.5. The van der Waals surface area contributed by atoms with Crippen LogP contribution in [0.5, 0.6) is 5.75 Å². The fourth-order valence-electron chi connectivity index (χ4n) is 2.42. The van der Waals surface area contributed by atoms with Crippen LogP contribution in [0.15, 0.2) is 71.8 Å². The summed E-state index contributed by atoms with van der Waals surface area (Å²) < 4.78 is 37.9. The molecule has 1 aromatic heterocycles. The fraction of sp³-hybridized carbons (Fsp3) is 0.182. The first-order chi connectivity index (χ1) is 14.3. The molecule has 8 heteroatoms. The van der Waals surface area contributed by atoms with Crippen molar-refractivity contribution in [2.45, 2.75) is 30.2 Å². The average molecular weight is 433 g/mol. The lowest BCUT2D eigenvalue weighted by atomic mass is 10.1. The molecule has 0 spiro atoms. The number of carbonyl (C=O) groups is 1. The van der Waals surface area contributed by atoms with Gasteiger partial charge in [0.15, 0.2) is 5.75 Å². The lowest BCUT2D eigenvalue weighted by Gasteiger charge is -2.08. The van der Waals surface area contributed by atoms with Gasteiger partial charge in [-0.25, -0.2) is 4.79 Å². The van der Waals surface area contributed by atoms with Crippen molar-refractivity contribution >= 4 is 17.7 Å². The zero-order chi connectivity index (χ0) is 21.6. The predicted octanol–water partition coefficient (Wildman–Crippen LogP) is 6.31. The van der Waals surface area contributed by atoms with E-state index in [4.69, 9.17) is 4.89 Å². The number of carbonyl (C=O) groups excluding carboxylic acids is 1. The van der Waals surface area contributed by atoms with Crippen molar-refractivity contribution in [2.75, 3.05) is 0 Å². The van der Waals surface area contributed by atoms with Gasteiger partial charge in [-0.2, -0.15) is 13.2 Å². The topological polar surface area (TPSA) is 48.4 Å². The average Bonchev–Trinajstić information content (AvgIpc) is 2.76. The maximum Gasteiger partial charge on any atom is 0.417 e. The predicted molar refractivity (Wildman–Crippen MR) is 108 cm³/mol. The van der Waals surface area contributed by atoms with Crippen LogP contribution in [0, 0.1) is 0 Å². The van der Waals surface area contributed by atoms with E-state index in [2.05, 4.69) is 9.87 Å². The van der Waals surface area contributed by atoms with E-state index in [9.17, 15) is 18.0 Å². The normalized spacial score (nSPS) is 11.2. The molecule has 0 aliphatic heterocycles. The quantitative estimate of drug-likeness (QED) is 0.248. The van der Waals surface area contributed by atoms with Gasteiger partial charge in [-0.1, -0.05) is 31.2 Å². The van der Waals surface area contributed by atoms with Crippen LogP contribution in [-0.4, -0.2) is 11.0 Å². The molecule has 0 aliphatic rings. The third-order valence-electron chi connectivity index (χ3n) is 4.09. The summed E-state index contributed by atoms with van der Waals surface area (Å²) in [5.41, 5.74) is 1.54. The molecule has 0 unspecified atom stereocenters. The van der Waals surface area contributed by atoms with Gasteiger partial charge in [-0.3, -0.25) is 14.8 Å². The number of hydrogen-bond acceptors (Lipinski definition) is 5. The molecule has 0 saturated carbocycles. The number of thioether (sulfide) groups is 1. The highest BCUT2D eigenvalue weighted by Gasteiger charge is 2.30. The van der Waals surface area contributed by atoms with Gasteiger partial charge in [-0.15, -0.1) is 11.8 Å². The number of hydrogen-bond donors (Lipinski definition) is 0. The Morgan fingerprint density at radius 2 is 1.70 bits per heavy atom. The molecular formula is C22H18F3NO3S. The number of aromatic nitrogens is 1. The molecule has 0 aliphatic carbocycles. The number of halogens is 3. The molecule has 0 saturated heterocycles. The van der Waals surface area contributed by atoms with E-state index in [-0.39, 0.29) is 6.42 Å². The molecule has 30 heavy (non-hydrogen) atoms. The Morgan fingerprint density at radius 3 is 2.27 bits per heavy atom. The summed E-state index contributed by atoms with van der Waals surface area (Å²) in [6, 6.07) is 17.1. The molecule has 0 radical (unpaired) electrons. The summed E-state index contributed by atoms with van der Waals surface area (Å²) in [5, 5.41) is 0. The maximum atomic E-state index is 12.6. The number of benzene rings is 2. The van der Waals surface area contributed by atoms with Crippen molar-refractivity contribution in [1.29, 1.82) is 0 Å². The van der Waals surface area contributed by atoms with Gasteiger partial charge in [0, 0.05) is 28.8 Å². The smallest absolute Gasteiger partial charge is 0.287 e. The van der Waals surface area contributed by atoms with Crippen LogP contribution in [0.25, 0.3) is 11.3 Å². The maximum absolute atomic E-state index is 12.6. The van der Waals surface area contributed by atoms with E-state index in [1.54, 1.807) is 30.8 Å². The second-order valence-corrected chi connectivity index (χ2v) is 7.33. The Balaban J connectivity index is 1.55. The monoisotopic (exact) mass is 433 g/mol. The minimum atomic E-state index is -4.39. The van der Waals surface area contributed by atoms with Gasteiger partial charge in [-0.05, 0) is 42.0 Å². The summed E-state index contributed by atoms with van der Waals surface area (Å²) in [7, 11) is 0. The molecule has 156 valence electrons. The first kappa shape index (κ1) is 21.7. The van der Waals surface area contributed by atoms with E-state index in [1.165, 1.54) is 6.07 Å². The third-order valence-corrected chi connectivity index (χ3v) is 5.17. The summed E-state index contributed by atoms with van der Waals surface area (Å²) in [5.74, 6) is 0.712. The minimum Gasteiger partial charge on any atom is -0.287 e. The van der Waals surface area contributed by atoms with Gasteiger partial charge in [0.25, 0.3) is 0 Å². The first-order valence-electron chi connectivity index (χ1n) is 9.08. The largest absolute Gasteiger partial charge is 0.417 e. The Kier molecular flexibility index (Phi) is 6.99. The number of nitrogens with zero attached hydrogens (tertiary/aromatic N) is 1. The molecule has 4 nitrogen and oxygen atoms in total. The molecule has 3 aromatic rings. The second-order valence-electron chi connectivity index (χ2n) is 6.28. The third kappa shape index (κ3) is 6.00. The van der Waals surface area contributed by atoms with E-state index in [1.807, 2.05) is 36.4 Å². The standard InChI is InChI=1S/C22H18F3NO3S/c1-2-21(27)29-28-18-8-10-19(11-9-18)30-14-15-3-5-16(6-4-15)20-12-7-17(13-26-20)22(23,24)25/h3-13H,2,14H2,1H3. The molecule has 0 amide bonds. The van der Waals surface area contributed by atoms with Crippen LogP contribution in [0.1, 0.15) is 24.5 Å². The lowest BCUT2D eigenvalue weighted by Crippen LogP contribution is -2.05. The Hall–Kier alpha value is -3.00. The minimum absolute atomic E-state index is 0.238. The number of rotatable bonds is 7. The Labute approximate surface area is 176 Å². The van der Waals surface area contributed by atoms with E-state index < -0.39 is 17.7 Å². The highest BCUT2D eigenvalue weighted by molar-refractivity contribution is 7.98. The fourth-order valence-corrected chi connectivity index (χ4v) is 3.27. The SMILES string of the molecule is CCC(=O)OOc1ccc(SCc2ccc(-c3ccc(C(F)(F)F)cn3)cc2)cc1. The highest BCUT2D eigenvalue weighted by Crippen LogP contribution is 2.30. The molecule has 0 atom stereocenters. The molecule has 2 aromatic carbocycles. The van der Waals surface area contributed by atoms with Crippen LogP contribution in [-0.2, 0) is 21.6 Å². The molecule has 0 bridgehead atoms. The van der Waals surface area contributed by atoms with Crippen molar-refractivity contribution < 1.29 is 27.7 Å². The van der Waals surface area contributed by atoms with Crippen LogP contribution in [0.3, 0.4) is 0 Å². The van der Waals surface area contributed by atoms with Crippen molar-refractivity contribution in [3.05, 3.63) is 78.0 Å². The van der Waals surface area contributed by atoms with Gasteiger partial charge in [0.05, 0.1) is 11.3 Å². The van der Waals surface area contributed by atoms with Crippen LogP contribution in [0.2, 0.25) is 0 Å². The first-order valence-corrected chi connectivity index (χ1v) is 10.1. The molecule has 0 fully saturated rings. The molecule has 3 rings (SSSR count). The highest BCUT2D eigenvalue weighted by atomic mass is 32.2. The lowest BCUT2D eigenvalue weighted by molar-refractivity contribution is -0.213. The number of alkyl halides is 3. The van der Waals surface area contributed by atoms with E-state index >= 15 is 0 Å². The zero-order valence-corrected chi connectivity index (χ0v) is 16.8. The van der Waals surface area contributed by atoms with E-state index in [0.717, 1.165) is 28.3 Å². The summed E-state index contributed by atoms with van der Waals surface area (Å²) >= 11 is 1.61. The van der Waals surface area contributed by atoms with Crippen molar-refractivity contribution in [2.24, 2.45) is 0 Å². The van der Waals surface area contributed by atoms with Crippen molar-refractivity contribution in [3.63, 3.8) is 0 Å². The van der Waals surface area contributed by atoms with Crippen LogP contribution in [0.4, 0.5) is 13.2 Å². The second kappa shape index (κ2) is 9.67. The molecular weight excluding hydrogens is 415 g/mol. The summed E-state index contributed by atoms with van der Waals surface area (Å²) in [6.07, 6.45) is -3.31. The Morgan fingerprint density at radius 1 is 1.00 bits per heavy atom. The molecule has 0 N–H and O–H groups in total. The van der Waals surface area contributed by atoms with Gasteiger partial charge in [0.2, 0.25) is 0 Å².